The maximum Gasteiger partial charge on any atom is 0.283 e. The number of likely N-dealkylation sites (N-methyl/N-ethyl adjacent to an activating group) is 2. The summed E-state index contributed by atoms with van der Waals surface area (Å²) in [6.45, 7) is 5.28. The first kappa shape index (κ1) is 38.2. The van der Waals surface area contributed by atoms with Gasteiger partial charge in [0.05, 0.1) is 25.3 Å². The van der Waals surface area contributed by atoms with Gasteiger partial charge in [-0.2, -0.15) is 8.78 Å². The third-order valence-electron chi connectivity index (χ3n) is 7.84. The standard InChI is InChI=1S/C26H30N4O3.C8H8F2NOP.C2H6/c1-28(14-15-31)29(2)25-18-30(17-21-8-5-7-20-6-3-4-9-23(20)21)26(33)24(27-25)16-19-10-12-22(32)13-11-19;9-8(10,13)6-1-3-7(4-2-6)11-5-12;1-2/h3-13,15,24-25,27,32H,14,16-18H2,1-2H3;1-5H,13H2,(H,11,12);1-2H3/t24-,25?;;/m0../s1. The summed E-state index contributed by atoms with van der Waals surface area (Å²) in [6, 6.07) is 26.3. The van der Waals surface area contributed by atoms with Crippen LogP contribution in [0.1, 0.15) is 30.5 Å². The zero-order valence-corrected chi connectivity index (χ0v) is 28.8. The normalized spacial score (nSPS) is 16.1. The van der Waals surface area contributed by atoms with Gasteiger partial charge in [0.2, 0.25) is 12.3 Å². The highest BCUT2D eigenvalue weighted by atomic mass is 31.0. The molecule has 0 radical (unpaired) electrons. The van der Waals surface area contributed by atoms with Crippen molar-refractivity contribution in [3.8, 4) is 5.75 Å². The van der Waals surface area contributed by atoms with E-state index in [1.807, 2.05) is 73.2 Å². The summed E-state index contributed by atoms with van der Waals surface area (Å²) in [6.07, 6.45) is 1.72. The van der Waals surface area contributed by atoms with E-state index in [1.54, 1.807) is 12.1 Å². The van der Waals surface area contributed by atoms with Gasteiger partial charge in [0.25, 0.3) is 5.66 Å². The van der Waals surface area contributed by atoms with Crippen molar-refractivity contribution in [1.29, 1.82) is 0 Å². The number of nitrogens with one attached hydrogen (secondary N) is 2. The summed E-state index contributed by atoms with van der Waals surface area (Å²) >= 11 is 0. The molecule has 0 spiro atoms. The van der Waals surface area contributed by atoms with Gasteiger partial charge in [-0.3, -0.25) is 14.9 Å². The Morgan fingerprint density at radius 2 is 1.62 bits per heavy atom. The number of phenols is 1. The number of hydrogen-bond donors (Lipinski definition) is 3. The number of hydrogen-bond acceptors (Lipinski definition) is 7. The summed E-state index contributed by atoms with van der Waals surface area (Å²) in [5.41, 5.74) is -0.454. The molecule has 1 fully saturated rings. The molecule has 256 valence electrons. The van der Waals surface area contributed by atoms with Crippen molar-refractivity contribution < 1.29 is 28.3 Å². The van der Waals surface area contributed by atoms with Gasteiger partial charge < -0.3 is 20.1 Å². The van der Waals surface area contributed by atoms with Crippen LogP contribution in [0.3, 0.4) is 0 Å². The van der Waals surface area contributed by atoms with Crippen molar-refractivity contribution in [2.45, 2.75) is 44.7 Å². The van der Waals surface area contributed by atoms with E-state index in [4.69, 9.17) is 0 Å². The van der Waals surface area contributed by atoms with Crippen LogP contribution in [0.15, 0.2) is 91.0 Å². The first-order chi connectivity index (χ1) is 23.0. The number of aromatic hydroxyl groups is 1. The van der Waals surface area contributed by atoms with Crippen LogP contribution in [-0.2, 0) is 33.0 Å². The zero-order chi connectivity index (χ0) is 35.3. The number of hydrazine groups is 1. The van der Waals surface area contributed by atoms with E-state index in [9.17, 15) is 28.3 Å². The fourth-order valence-corrected chi connectivity index (χ4v) is 5.42. The van der Waals surface area contributed by atoms with E-state index in [-0.39, 0.29) is 29.9 Å². The lowest BCUT2D eigenvalue weighted by molar-refractivity contribution is -0.145. The highest BCUT2D eigenvalue weighted by Crippen LogP contribution is 2.35. The monoisotopic (exact) mass is 679 g/mol. The molecule has 4 aromatic rings. The molecular formula is C36H44F2N5O4P. The number of carbonyl (C=O) groups is 3. The van der Waals surface area contributed by atoms with Crippen molar-refractivity contribution >= 4 is 44.3 Å². The summed E-state index contributed by atoms with van der Waals surface area (Å²) in [5.74, 6) is 0.242. The lowest BCUT2D eigenvalue weighted by Gasteiger charge is -2.44. The van der Waals surface area contributed by atoms with Crippen LogP contribution in [0.2, 0.25) is 0 Å². The Morgan fingerprint density at radius 3 is 2.25 bits per heavy atom. The zero-order valence-electron chi connectivity index (χ0n) is 27.6. The number of anilines is 1. The number of halogens is 2. The molecule has 48 heavy (non-hydrogen) atoms. The van der Waals surface area contributed by atoms with Crippen LogP contribution < -0.4 is 10.6 Å². The Balaban J connectivity index is 0.000000349. The summed E-state index contributed by atoms with van der Waals surface area (Å²) in [5, 5.41) is 21.5. The first-order valence-corrected chi connectivity index (χ1v) is 16.2. The SMILES string of the molecule is CC.CN(CC=O)N(C)C1CN(Cc2cccc3ccccc23)C(=O)[C@H](Cc2ccc(O)cc2)N1.O=CNc1ccc(C(F)(F)P)cc1. The van der Waals surface area contributed by atoms with E-state index in [0.717, 1.165) is 28.2 Å². The fraction of sp³-hybridized carbons (Fsp3) is 0.306. The minimum Gasteiger partial charge on any atom is -0.508 e. The molecule has 1 aliphatic rings. The van der Waals surface area contributed by atoms with Crippen LogP contribution in [0.25, 0.3) is 10.8 Å². The van der Waals surface area contributed by atoms with Crippen LogP contribution in [0, 0.1) is 0 Å². The molecule has 3 atom stereocenters. The Bertz CT molecular complexity index is 1610. The van der Waals surface area contributed by atoms with E-state index in [1.165, 1.54) is 33.5 Å². The molecule has 1 saturated heterocycles. The topological polar surface area (TPSA) is 105 Å². The number of benzene rings is 4. The number of piperazine rings is 1. The molecular weight excluding hydrogens is 635 g/mol. The third-order valence-corrected chi connectivity index (χ3v) is 8.17. The van der Waals surface area contributed by atoms with E-state index >= 15 is 0 Å². The minimum absolute atomic E-state index is 0.0405. The molecule has 0 aromatic heterocycles. The Labute approximate surface area is 283 Å². The number of amides is 2. The highest BCUT2D eigenvalue weighted by Gasteiger charge is 2.36. The molecule has 0 saturated carbocycles. The lowest BCUT2D eigenvalue weighted by Crippen LogP contribution is -2.66. The molecule has 2 amide bonds. The average Bonchev–Trinajstić information content (AvgIpc) is 3.08. The van der Waals surface area contributed by atoms with Gasteiger partial charge in [0.1, 0.15) is 12.0 Å². The average molecular weight is 680 g/mol. The van der Waals surface area contributed by atoms with Crippen LogP contribution >= 0.6 is 9.24 Å². The highest BCUT2D eigenvalue weighted by molar-refractivity contribution is 7.17. The van der Waals surface area contributed by atoms with Crippen molar-refractivity contribution in [1.82, 2.24) is 20.2 Å². The minimum atomic E-state index is -2.92. The maximum atomic E-state index is 13.5. The molecule has 1 heterocycles. The van der Waals surface area contributed by atoms with Gasteiger partial charge in [0.15, 0.2) is 0 Å². The van der Waals surface area contributed by atoms with Gasteiger partial charge >= 0.3 is 0 Å². The second kappa shape index (κ2) is 18.3. The van der Waals surface area contributed by atoms with Crippen LogP contribution in [0.5, 0.6) is 5.75 Å². The van der Waals surface area contributed by atoms with E-state index in [0.29, 0.717) is 31.6 Å². The van der Waals surface area contributed by atoms with Crippen molar-refractivity contribution in [2.24, 2.45) is 0 Å². The number of aldehydes is 1. The lowest BCUT2D eigenvalue weighted by atomic mass is 10.00. The Morgan fingerprint density at radius 1 is 0.979 bits per heavy atom. The first-order valence-electron chi connectivity index (χ1n) is 15.6. The smallest absolute Gasteiger partial charge is 0.283 e. The number of fused-ring (bicyclic) bond motifs is 1. The second-order valence-corrected chi connectivity index (χ2v) is 11.7. The van der Waals surface area contributed by atoms with E-state index in [2.05, 4.69) is 34.9 Å². The van der Waals surface area contributed by atoms with E-state index < -0.39 is 11.7 Å². The predicted molar refractivity (Wildman–Crippen MR) is 189 cm³/mol. The number of phenolic OH excluding ortho intramolecular Hbond substituents is 1. The number of carbonyl (C=O) groups excluding carboxylic acids is 3. The van der Waals surface area contributed by atoms with Crippen molar-refractivity contribution in [2.75, 3.05) is 32.5 Å². The van der Waals surface area contributed by atoms with Crippen molar-refractivity contribution in [3.05, 3.63) is 108 Å². The molecule has 9 nitrogen and oxygen atoms in total. The Hall–Kier alpha value is -4.28. The van der Waals surface area contributed by atoms with Gasteiger partial charge in [-0.1, -0.05) is 89.8 Å². The Kier molecular flexibility index (Phi) is 14.6. The maximum absolute atomic E-state index is 13.5. The number of alkyl halides is 2. The van der Waals surface area contributed by atoms with Gasteiger partial charge in [-0.25, -0.2) is 10.0 Å². The number of rotatable bonds is 11. The predicted octanol–water partition coefficient (Wildman–Crippen LogP) is 5.60. The molecule has 0 bridgehead atoms. The molecule has 2 unspecified atom stereocenters. The molecule has 5 rings (SSSR count). The quantitative estimate of drug-likeness (QED) is 0.108. The van der Waals surface area contributed by atoms with Gasteiger partial charge in [-0.05, 0) is 52.6 Å². The second-order valence-electron chi connectivity index (χ2n) is 11.0. The molecule has 0 aliphatic carbocycles. The van der Waals surface area contributed by atoms with Gasteiger partial charge in [-0.15, -0.1) is 0 Å². The summed E-state index contributed by atoms with van der Waals surface area (Å²) in [7, 11) is 5.23. The summed E-state index contributed by atoms with van der Waals surface area (Å²) in [4.78, 5) is 36.5. The molecule has 1 aliphatic heterocycles. The van der Waals surface area contributed by atoms with Crippen LogP contribution in [-0.4, -0.2) is 78.0 Å². The van der Waals surface area contributed by atoms with Gasteiger partial charge in [0, 0.05) is 31.9 Å². The summed E-state index contributed by atoms with van der Waals surface area (Å²) < 4.78 is 25.3. The number of nitrogens with zero attached hydrogens (tertiary/aromatic N) is 3. The van der Waals surface area contributed by atoms with Crippen molar-refractivity contribution in [3.63, 3.8) is 0 Å². The largest absolute Gasteiger partial charge is 0.508 e. The molecule has 3 N–H and O–H groups in total. The molecule has 4 aromatic carbocycles. The van der Waals surface area contributed by atoms with Crippen LogP contribution in [0.4, 0.5) is 14.5 Å². The fourth-order valence-electron chi connectivity index (χ4n) is 5.23. The third kappa shape index (κ3) is 10.6. The molecule has 12 heteroatoms.